The van der Waals surface area contributed by atoms with E-state index in [1.165, 1.54) is 6.07 Å². The van der Waals surface area contributed by atoms with Gasteiger partial charge in [0.1, 0.15) is 17.3 Å². The number of benzene rings is 1. The number of hydrogen-bond acceptors (Lipinski definition) is 3. The maximum absolute atomic E-state index is 13.4. The molecule has 6 heteroatoms. The van der Waals surface area contributed by atoms with Crippen molar-refractivity contribution in [2.75, 3.05) is 32.0 Å². The molecule has 0 fully saturated rings. The molecular formula is C14H21F2N3O. The highest BCUT2D eigenvalue weighted by atomic mass is 19.1. The number of rotatable bonds is 6. The van der Waals surface area contributed by atoms with Crippen molar-refractivity contribution in [2.45, 2.75) is 13.8 Å². The first-order valence-corrected chi connectivity index (χ1v) is 6.37. The molecule has 1 aromatic carbocycles. The minimum Gasteiger partial charge on any atom is -0.330 e. The van der Waals surface area contributed by atoms with Crippen molar-refractivity contribution in [1.82, 2.24) is 4.90 Å². The van der Waals surface area contributed by atoms with Gasteiger partial charge in [-0.05, 0) is 31.1 Å². The zero-order chi connectivity index (χ0) is 15.3. The van der Waals surface area contributed by atoms with Gasteiger partial charge >= 0.3 is 0 Å². The molecule has 0 atom stereocenters. The third-order valence-electron chi connectivity index (χ3n) is 2.89. The lowest BCUT2D eigenvalue weighted by Crippen LogP contribution is -2.40. The van der Waals surface area contributed by atoms with Gasteiger partial charge in [-0.1, -0.05) is 19.9 Å². The zero-order valence-corrected chi connectivity index (χ0v) is 12.0. The van der Waals surface area contributed by atoms with Gasteiger partial charge in [-0.3, -0.25) is 9.69 Å². The standard InChI is InChI=1S/C14H21F2N3O/c1-14(2,8-17)9-19(3)7-12(20)18-13-10(15)5-4-6-11(13)16/h4-6H,7-9,17H2,1-3H3,(H,18,20). The summed E-state index contributed by atoms with van der Waals surface area (Å²) in [6, 6.07) is 3.44. The summed E-state index contributed by atoms with van der Waals surface area (Å²) < 4.78 is 26.8. The molecule has 0 aliphatic carbocycles. The maximum Gasteiger partial charge on any atom is 0.238 e. The molecule has 0 aliphatic rings. The van der Waals surface area contributed by atoms with E-state index in [9.17, 15) is 13.6 Å². The summed E-state index contributed by atoms with van der Waals surface area (Å²) in [5, 5.41) is 2.25. The van der Waals surface area contributed by atoms with Gasteiger partial charge in [0.25, 0.3) is 0 Å². The molecule has 0 aromatic heterocycles. The Balaban J connectivity index is 2.60. The highest BCUT2D eigenvalue weighted by Gasteiger charge is 2.20. The van der Waals surface area contributed by atoms with Gasteiger partial charge in [-0.25, -0.2) is 8.78 Å². The Morgan fingerprint density at radius 2 is 1.90 bits per heavy atom. The van der Waals surface area contributed by atoms with E-state index in [-0.39, 0.29) is 12.0 Å². The van der Waals surface area contributed by atoms with Crippen LogP contribution in [-0.4, -0.2) is 37.5 Å². The first kappa shape index (κ1) is 16.5. The number of halogens is 2. The number of amides is 1. The molecule has 0 spiro atoms. The Morgan fingerprint density at radius 1 is 1.35 bits per heavy atom. The summed E-state index contributed by atoms with van der Waals surface area (Å²) in [7, 11) is 1.76. The van der Waals surface area contributed by atoms with Crippen molar-refractivity contribution in [3.63, 3.8) is 0 Å². The van der Waals surface area contributed by atoms with Crippen molar-refractivity contribution < 1.29 is 13.6 Å². The number of nitrogens with zero attached hydrogens (tertiary/aromatic N) is 1. The maximum atomic E-state index is 13.4. The Hall–Kier alpha value is -1.53. The Kier molecular flexibility index (Phi) is 5.59. The first-order chi connectivity index (χ1) is 9.25. The SMILES string of the molecule is CN(CC(=O)Nc1c(F)cccc1F)CC(C)(C)CN. The summed E-state index contributed by atoms with van der Waals surface area (Å²) in [5.41, 5.74) is 5.08. The highest BCUT2D eigenvalue weighted by Crippen LogP contribution is 2.18. The van der Waals surface area contributed by atoms with Crippen LogP contribution in [0.15, 0.2) is 18.2 Å². The number of carbonyl (C=O) groups excluding carboxylic acids is 1. The molecule has 0 aliphatic heterocycles. The number of nitrogens with two attached hydrogens (primary N) is 1. The third kappa shape index (κ3) is 4.86. The topological polar surface area (TPSA) is 58.4 Å². The molecule has 0 unspecified atom stereocenters. The molecule has 1 aromatic rings. The van der Waals surface area contributed by atoms with Crippen molar-refractivity contribution >= 4 is 11.6 Å². The van der Waals surface area contributed by atoms with Gasteiger partial charge in [-0.2, -0.15) is 0 Å². The number of para-hydroxylation sites is 1. The van der Waals surface area contributed by atoms with Crippen LogP contribution < -0.4 is 11.1 Å². The molecule has 0 saturated carbocycles. The van der Waals surface area contributed by atoms with E-state index in [0.717, 1.165) is 12.1 Å². The van der Waals surface area contributed by atoms with Crippen LogP contribution in [0.5, 0.6) is 0 Å². The average Bonchev–Trinajstić information content (AvgIpc) is 2.33. The van der Waals surface area contributed by atoms with Gasteiger partial charge in [-0.15, -0.1) is 0 Å². The molecule has 0 heterocycles. The predicted molar refractivity (Wildman–Crippen MR) is 75.3 cm³/mol. The summed E-state index contributed by atoms with van der Waals surface area (Å²) in [4.78, 5) is 13.5. The number of likely N-dealkylation sites (N-methyl/N-ethyl adjacent to an activating group) is 1. The normalized spacial score (nSPS) is 11.8. The quantitative estimate of drug-likeness (QED) is 0.838. The molecule has 0 bridgehead atoms. The van der Waals surface area contributed by atoms with Crippen molar-refractivity contribution in [1.29, 1.82) is 0 Å². The lowest BCUT2D eigenvalue weighted by molar-refractivity contribution is -0.117. The Morgan fingerprint density at radius 3 is 2.40 bits per heavy atom. The second-order valence-corrected chi connectivity index (χ2v) is 5.69. The number of carbonyl (C=O) groups is 1. The first-order valence-electron chi connectivity index (χ1n) is 6.37. The van der Waals surface area contributed by atoms with Crippen LogP contribution in [0.2, 0.25) is 0 Å². The summed E-state index contributed by atoms with van der Waals surface area (Å²) in [6.07, 6.45) is 0. The van der Waals surface area contributed by atoms with E-state index in [2.05, 4.69) is 5.32 Å². The minimum atomic E-state index is -0.789. The lowest BCUT2D eigenvalue weighted by atomic mass is 9.93. The fourth-order valence-electron chi connectivity index (χ4n) is 1.89. The third-order valence-corrected chi connectivity index (χ3v) is 2.89. The Bertz CT molecular complexity index is 457. The van der Waals surface area contributed by atoms with Gasteiger partial charge in [0.05, 0.1) is 6.54 Å². The summed E-state index contributed by atoms with van der Waals surface area (Å²) in [5.74, 6) is -2.05. The number of nitrogens with one attached hydrogen (secondary N) is 1. The molecule has 0 radical (unpaired) electrons. The molecule has 20 heavy (non-hydrogen) atoms. The summed E-state index contributed by atoms with van der Waals surface area (Å²) in [6.45, 7) is 5.10. The average molecular weight is 285 g/mol. The molecular weight excluding hydrogens is 264 g/mol. The van der Waals surface area contributed by atoms with Gasteiger partial charge in [0, 0.05) is 6.54 Å². The van der Waals surface area contributed by atoms with Gasteiger partial charge < -0.3 is 11.1 Å². The predicted octanol–water partition coefficient (Wildman–Crippen LogP) is 1.82. The van der Waals surface area contributed by atoms with E-state index in [4.69, 9.17) is 5.73 Å². The van der Waals surface area contributed by atoms with Crippen LogP contribution in [0.1, 0.15) is 13.8 Å². The molecule has 112 valence electrons. The van der Waals surface area contributed by atoms with E-state index < -0.39 is 23.2 Å². The largest absolute Gasteiger partial charge is 0.330 e. The van der Waals surface area contributed by atoms with Crippen molar-refractivity contribution in [3.8, 4) is 0 Å². The number of hydrogen-bond donors (Lipinski definition) is 2. The second kappa shape index (κ2) is 6.76. The van der Waals surface area contributed by atoms with Gasteiger partial charge in [0.15, 0.2) is 0 Å². The Labute approximate surface area is 117 Å². The highest BCUT2D eigenvalue weighted by molar-refractivity contribution is 5.92. The van der Waals surface area contributed by atoms with E-state index in [0.29, 0.717) is 13.1 Å². The van der Waals surface area contributed by atoms with Crippen molar-refractivity contribution in [2.24, 2.45) is 11.1 Å². The molecule has 3 N–H and O–H groups in total. The van der Waals surface area contributed by atoms with Crippen LogP contribution >= 0.6 is 0 Å². The molecule has 4 nitrogen and oxygen atoms in total. The van der Waals surface area contributed by atoms with E-state index in [1.807, 2.05) is 13.8 Å². The van der Waals surface area contributed by atoms with Crippen LogP contribution in [0, 0.1) is 17.0 Å². The lowest BCUT2D eigenvalue weighted by Gasteiger charge is -2.28. The van der Waals surface area contributed by atoms with Crippen molar-refractivity contribution in [3.05, 3.63) is 29.8 Å². The van der Waals surface area contributed by atoms with Gasteiger partial charge in [0.2, 0.25) is 5.91 Å². The van der Waals surface area contributed by atoms with E-state index >= 15 is 0 Å². The van der Waals surface area contributed by atoms with Crippen LogP contribution in [-0.2, 0) is 4.79 Å². The van der Waals surface area contributed by atoms with Crippen LogP contribution in [0.25, 0.3) is 0 Å². The smallest absolute Gasteiger partial charge is 0.238 e. The molecule has 1 amide bonds. The second-order valence-electron chi connectivity index (χ2n) is 5.69. The van der Waals surface area contributed by atoms with Crippen LogP contribution in [0.4, 0.5) is 14.5 Å². The molecule has 0 saturated heterocycles. The summed E-state index contributed by atoms with van der Waals surface area (Å²) >= 11 is 0. The van der Waals surface area contributed by atoms with Crippen LogP contribution in [0.3, 0.4) is 0 Å². The number of anilines is 1. The monoisotopic (exact) mass is 285 g/mol. The molecule has 1 rings (SSSR count). The minimum absolute atomic E-state index is 0.0389. The zero-order valence-electron chi connectivity index (χ0n) is 12.0. The fraction of sp³-hybridized carbons (Fsp3) is 0.500. The van der Waals surface area contributed by atoms with E-state index in [1.54, 1.807) is 11.9 Å². The fourth-order valence-corrected chi connectivity index (χ4v) is 1.89.